The summed E-state index contributed by atoms with van der Waals surface area (Å²) in [6.07, 6.45) is 1.13. The molecule has 0 radical (unpaired) electrons. The molecule has 0 aromatic heterocycles. The smallest absolute Gasteiger partial charge is 0.321 e. The van der Waals surface area contributed by atoms with Gasteiger partial charge < -0.3 is 10.5 Å². The Morgan fingerprint density at radius 2 is 1.81 bits per heavy atom. The zero-order chi connectivity index (χ0) is 12.8. The zero-order valence-electron chi connectivity index (χ0n) is 10.2. The second-order valence-corrected chi connectivity index (χ2v) is 6.86. The first-order valence-corrected chi connectivity index (χ1v) is 7.11. The summed E-state index contributed by atoms with van der Waals surface area (Å²) in [7, 11) is -3.36. The number of carbonyl (C=O) groups is 1. The van der Waals surface area contributed by atoms with Crippen LogP contribution >= 0.6 is 0 Å². The van der Waals surface area contributed by atoms with Gasteiger partial charge in [-0.3, -0.25) is 4.79 Å². The molecule has 0 atom stereocenters. The van der Waals surface area contributed by atoms with Crippen molar-refractivity contribution in [2.75, 3.05) is 18.1 Å². The van der Waals surface area contributed by atoms with Gasteiger partial charge in [0.25, 0.3) is 0 Å². The minimum Gasteiger partial charge on any atom is -0.459 e. The van der Waals surface area contributed by atoms with E-state index in [2.05, 4.69) is 0 Å². The number of esters is 1. The van der Waals surface area contributed by atoms with Crippen molar-refractivity contribution in [1.29, 1.82) is 0 Å². The van der Waals surface area contributed by atoms with Crippen molar-refractivity contribution >= 4 is 15.8 Å². The maximum atomic E-state index is 11.5. The molecule has 2 N–H and O–H groups in total. The number of unbranched alkanes of at least 4 members (excludes halogenated alkanes) is 1. The molecule has 0 aromatic carbocycles. The van der Waals surface area contributed by atoms with Gasteiger partial charge in [-0.1, -0.05) is 0 Å². The highest BCUT2D eigenvalue weighted by atomic mass is 32.2. The summed E-state index contributed by atoms with van der Waals surface area (Å²) in [6.45, 7) is 5.56. The summed E-state index contributed by atoms with van der Waals surface area (Å²) in [5.74, 6) is -1.25. The highest BCUT2D eigenvalue weighted by Crippen LogP contribution is 2.08. The summed E-state index contributed by atoms with van der Waals surface area (Å²) in [6, 6.07) is 0. The fraction of sp³-hybridized carbons (Fsp3) is 0.900. The number of carbonyl (C=O) groups excluding carboxylic acids is 1. The third kappa shape index (κ3) is 8.67. The largest absolute Gasteiger partial charge is 0.459 e. The number of hydrogen-bond acceptors (Lipinski definition) is 5. The van der Waals surface area contributed by atoms with E-state index in [1.165, 1.54) is 0 Å². The van der Waals surface area contributed by atoms with Gasteiger partial charge in [0, 0.05) is 0 Å². The lowest BCUT2D eigenvalue weighted by Crippen LogP contribution is -2.29. The van der Waals surface area contributed by atoms with Crippen LogP contribution in [0.15, 0.2) is 0 Å². The molecule has 0 saturated carbocycles. The molecule has 16 heavy (non-hydrogen) atoms. The molecule has 6 heteroatoms. The van der Waals surface area contributed by atoms with Crippen molar-refractivity contribution in [1.82, 2.24) is 0 Å². The van der Waals surface area contributed by atoms with E-state index in [1.807, 2.05) is 0 Å². The van der Waals surface area contributed by atoms with Crippen LogP contribution in [0.3, 0.4) is 0 Å². The number of hydrogen-bond donors (Lipinski definition) is 1. The minimum atomic E-state index is -3.36. The third-order valence-electron chi connectivity index (χ3n) is 1.67. The Morgan fingerprint density at radius 3 is 2.25 bits per heavy atom. The van der Waals surface area contributed by atoms with E-state index in [0.29, 0.717) is 19.4 Å². The van der Waals surface area contributed by atoms with Crippen molar-refractivity contribution in [2.24, 2.45) is 5.73 Å². The van der Waals surface area contributed by atoms with Gasteiger partial charge in [0.1, 0.15) is 11.4 Å². The van der Waals surface area contributed by atoms with Gasteiger partial charge in [0.05, 0.1) is 5.75 Å². The molecule has 0 unspecified atom stereocenters. The second-order valence-electron chi connectivity index (χ2n) is 4.67. The summed E-state index contributed by atoms with van der Waals surface area (Å²) >= 11 is 0. The van der Waals surface area contributed by atoms with Crippen molar-refractivity contribution in [2.45, 2.75) is 39.2 Å². The molecule has 0 heterocycles. The van der Waals surface area contributed by atoms with Crippen LogP contribution < -0.4 is 5.73 Å². The van der Waals surface area contributed by atoms with Crippen molar-refractivity contribution in [3.05, 3.63) is 0 Å². The molecule has 0 amide bonds. The highest BCUT2D eigenvalue weighted by molar-refractivity contribution is 7.92. The summed E-state index contributed by atoms with van der Waals surface area (Å²) in [5, 5.41) is 0. The van der Waals surface area contributed by atoms with E-state index in [-0.39, 0.29) is 5.75 Å². The lowest BCUT2D eigenvalue weighted by atomic mass is 10.2. The maximum absolute atomic E-state index is 11.5. The van der Waals surface area contributed by atoms with Crippen LogP contribution in [0.25, 0.3) is 0 Å². The van der Waals surface area contributed by atoms with E-state index in [0.717, 1.165) is 0 Å². The Hall–Kier alpha value is -0.620. The first-order valence-electron chi connectivity index (χ1n) is 5.28. The lowest BCUT2D eigenvalue weighted by molar-refractivity contribution is -0.151. The van der Waals surface area contributed by atoms with Gasteiger partial charge in [-0.15, -0.1) is 0 Å². The standard InChI is InChI=1S/C10H21NO4S/c1-10(2,3)15-9(12)8-16(13,14)7-5-4-6-11/h4-8,11H2,1-3H3. The fourth-order valence-corrected chi connectivity index (χ4v) is 2.30. The molecule has 0 fully saturated rings. The van der Waals surface area contributed by atoms with Crippen LogP contribution in [0.4, 0.5) is 0 Å². The predicted octanol–water partition coefficient (Wildman–Crippen LogP) is 0.482. The Kier molecular flexibility index (Phi) is 5.96. The molecule has 0 bridgehead atoms. The molecule has 0 aliphatic rings. The first kappa shape index (κ1) is 15.4. The Labute approximate surface area is 97.3 Å². The van der Waals surface area contributed by atoms with Gasteiger partial charge in [-0.2, -0.15) is 0 Å². The number of rotatable bonds is 6. The fourth-order valence-electron chi connectivity index (χ4n) is 1.09. The first-order chi connectivity index (χ1) is 7.16. The quantitative estimate of drug-likeness (QED) is 0.548. The van der Waals surface area contributed by atoms with Crippen molar-refractivity contribution in [3.8, 4) is 0 Å². The van der Waals surface area contributed by atoms with E-state index in [4.69, 9.17) is 10.5 Å². The minimum absolute atomic E-state index is 0.0105. The lowest BCUT2D eigenvalue weighted by Gasteiger charge is -2.19. The van der Waals surface area contributed by atoms with Crippen molar-refractivity contribution < 1.29 is 17.9 Å². The molecule has 0 rings (SSSR count). The van der Waals surface area contributed by atoms with E-state index in [1.54, 1.807) is 20.8 Å². The van der Waals surface area contributed by atoms with Crippen LogP contribution in [0, 0.1) is 0 Å². The Morgan fingerprint density at radius 1 is 1.25 bits per heavy atom. The molecular weight excluding hydrogens is 230 g/mol. The second kappa shape index (κ2) is 6.20. The Bertz CT molecular complexity index is 316. The maximum Gasteiger partial charge on any atom is 0.321 e. The van der Waals surface area contributed by atoms with Crippen LogP contribution in [0.1, 0.15) is 33.6 Å². The van der Waals surface area contributed by atoms with Crippen LogP contribution in [0.2, 0.25) is 0 Å². The molecular formula is C10H21NO4S. The van der Waals surface area contributed by atoms with E-state index < -0.39 is 27.2 Å². The molecule has 5 nitrogen and oxygen atoms in total. The highest BCUT2D eigenvalue weighted by Gasteiger charge is 2.22. The zero-order valence-corrected chi connectivity index (χ0v) is 11.0. The summed E-state index contributed by atoms with van der Waals surface area (Å²) < 4.78 is 27.9. The van der Waals surface area contributed by atoms with E-state index in [9.17, 15) is 13.2 Å². The van der Waals surface area contributed by atoms with Gasteiger partial charge in [-0.05, 0) is 40.2 Å². The summed E-state index contributed by atoms with van der Waals surface area (Å²) in [5.41, 5.74) is 4.61. The summed E-state index contributed by atoms with van der Waals surface area (Å²) in [4.78, 5) is 11.3. The number of sulfone groups is 1. The topological polar surface area (TPSA) is 86.5 Å². The normalized spacial score (nSPS) is 12.5. The SMILES string of the molecule is CC(C)(C)OC(=O)CS(=O)(=O)CCCCN. The van der Waals surface area contributed by atoms with Gasteiger partial charge >= 0.3 is 5.97 Å². The number of ether oxygens (including phenoxy) is 1. The average molecular weight is 251 g/mol. The molecule has 0 aliphatic heterocycles. The molecule has 96 valence electrons. The number of nitrogens with two attached hydrogens (primary N) is 1. The van der Waals surface area contributed by atoms with Crippen LogP contribution in [-0.2, 0) is 19.4 Å². The molecule has 0 aromatic rings. The van der Waals surface area contributed by atoms with E-state index >= 15 is 0 Å². The van der Waals surface area contributed by atoms with Crippen LogP contribution in [-0.4, -0.2) is 38.0 Å². The van der Waals surface area contributed by atoms with Crippen LogP contribution in [0.5, 0.6) is 0 Å². The van der Waals surface area contributed by atoms with Gasteiger partial charge in [-0.25, -0.2) is 8.42 Å². The monoisotopic (exact) mass is 251 g/mol. The molecule has 0 spiro atoms. The average Bonchev–Trinajstić information content (AvgIpc) is 1.98. The molecule has 0 aliphatic carbocycles. The third-order valence-corrected chi connectivity index (χ3v) is 3.25. The van der Waals surface area contributed by atoms with Gasteiger partial charge in [0.2, 0.25) is 0 Å². The Balaban J connectivity index is 4.11. The molecule has 0 saturated heterocycles. The predicted molar refractivity (Wildman–Crippen MR) is 62.8 cm³/mol. The van der Waals surface area contributed by atoms with Crippen molar-refractivity contribution in [3.63, 3.8) is 0 Å². The van der Waals surface area contributed by atoms with Gasteiger partial charge in [0.15, 0.2) is 9.84 Å².